The number of nitrogens with one attached hydrogen (secondary N) is 2. The molecule has 8 nitrogen and oxygen atoms in total. The summed E-state index contributed by atoms with van der Waals surface area (Å²) in [6.07, 6.45) is -4.28. The number of rotatable bonds is 10. The fraction of sp³-hybridized carbons (Fsp3) is 0.391. The number of carbonyl (C=O) groups excluding carboxylic acids is 2. The zero-order chi connectivity index (χ0) is 25.3. The van der Waals surface area contributed by atoms with Gasteiger partial charge in [-0.25, -0.2) is 0 Å². The van der Waals surface area contributed by atoms with Crippen molar-refractivity contribution in [2.45, 2.75) is 39.0 Å². The van der Waals surface area contributed by atoms with Crippen LogP contribution in [0.4, 0.5) is 13.2 Å². The molecule has 0 radical (unpaired) electrons. The Morgan fingerprint density at radius 2 is 1.56 bits per heavy atom. The number of hydrogen-bond acceptors (Lipinski definition) is 6. The van der Waals surface area contributed by atoms with Gasteiger partial charge in [0.05, 0.1) is 20.3 Å². The van der Waals surface area contributed by atoms with Gasteiger partial charge in [0.1, 0.15) is 0 Å². The van der Waals surface area contributed by atoms with Gasteiger partial charge < -0.3 is 18.9 Å². The van der Waals surface area contributed by atoms with E-state index in [1.807, 2.05) is 13.8 Å². The molecule has 2 N–H and O–H groups in total. The standard InChI is InChI=1S/C23H27F3N2O6/c1-14(2)34-18-9-7-16(12-20(18)32-4)22(30)28-27-21(29)10-6-15-5-8-17(19(11-15)31-3)33-13-23(24,25)26/h5,7-9,11-12,14H,6,10,13H2,1-4H3,(H,27,29)(H,28,30). The van der Waals surface area contributed by atoms with Crippen LogP contribution in [0.25, 0.3) is 0 Å². The fourth-order valence-electron chi connectivity index (χ4n) is 2.83. The Bertz CT molecular complexity index is 995. The summed E-state index contributed by atoms with van der Waals surface area (Å²) in [5.74, 6) is -0.0746. The van der Waals surface area contributed by atoms with Crippen molar-refractivity contribution in [3.05, 3.63) is 47.5 Å². The average Bonchev–Trinajstić information content (AvgIpc) is 2.79. The van der Waals surface area contributed by atoms with Crippen molar-refractivity contribution in [2.24, 2.45) is 0 Å². The van der Waals surface area contributed by atoms with Crippen LogP contribution in [0.5, 0.6) is 23.0 Å². The predicted octanol–water partition coefficient (Wildman–Crippen LogP) is 3.83. The number of aryl methyl sites for hydroxylation is 1. The normalized spacial score (nSPS) is 11.1. The van der Waals surface area contributed by atoms with Gasteiger partial charge in [0.25, 0.3) is 5.91 Å². The van der Waals surface area contributed by atoms with Crippen LogP contribution >= 0.6 is 0 Å². The van der Waals surface area contributed by atoms with Crippen LogP contribution in [0, 0.1) is 0 Å². The Labute approximate surface area is 195 Å². The third-order valence-corrected chi connectivity index (χ3v) is 4.36. The van der Waals surface area contributed by atoms with E-state index in [1.165, 1.54) is 44.6 Å². The lowest BCUT2D eigenvalue weighted by atomic mass is 10.1. The molecule has 0 unspecified atom stereocenters. The largest absolute Gasteiger partial charge is 0.493 e. The van der Waals surface area contributed by atoms with E-state index >= 15 is 0 Å². The molecule has 0 saturated carbocycles. The molecule has 0 heterocycles. The van der Waals surface area contributed by atoms with Crippen LogP contribution in [-0.4, -0.2) is 44.9 Å². The minimum Gasteiger partial charge on any atom is -0.493 e. The number of hydrogen-bond donors (Lipinski definition) is 2. The molecule has 0 aliphatic carbocycles. The Hall–Kier alpha value is -3.63. The number of carbonyl (C=O) groups is 2. The first-order valence-corrected chi connectivity index (χ1v) is 10.3. The summed E-state index contributed by atoms with van der Waals surface area (Å²) in [7, 11) is 2.76. The molecule has 2 rings (SSSR count). The van der Waals surface area contributed by atoms with Crippen LogP contribution in [0.3, 0.4) is 0 Å². The summed E-state index contributed by atoms with van der Waals surface area (Å²) in [4.78, 5) is 24.5. The molecule has 0 spiro atoms. The first kappa shape index (κ1) is 26.6. The summed E-state index contributed by atoms with van der Waals surface area (Å²) in [5.41, 5.74) is 5.54. The van der Waals surface area contributed by atoms with Gasteiger partial charge in [0.2, 0.25) is 5.91 Å². The third-order valence-electron chi connectivity index (χ3n) is 4.36. The molecule has 0 bridgehead atoms. The molecule has 2 aromatic carbocycles. The highest BCUT2D eigenvalue weighted by Gasteiger charge is 2.29. The monoisotopic (exact) mass is 484 g/mol. The van der Waals surface area contributed by atoms with Crippen LogP contribution in [0.1, 0.15) is 36.2 Å². The molecule has 0 saturated heterocycles. The molecule has 34 heavy (non-hydrogen) atoms. The molecule has 186 valence electrons. The molecule has 0 fully saturated rings. The van der Waals surface area contributed by atoms with Crippen molar-refractivity contribution >= 4 is 11.8 Å². The number of ether oxygens (including phenoxy) is 4. The number of benzene rings is 2. The van der Waals surface area contributed by atoms with Gasteiger partial charge in [0, 0.05) is 12.0 Å². The SMILES string of the molecule is COc1cc(CCC(=O)NNC(=O)c2ccc(OC(C)C)c(OC)c2)ccc1OCC(F)(F)F. The highest BCUT2D eigenvalue weighted by molar-refractivity contribution is 5.96. The number of methoxy groups -OCH3 is 2. The topological polar surface area (TPSA) is 95.1 Å². The van der Waals surface area contributed by atoms with E-state index in [4.69, 9.17) is 18.9 Å². The van der Waals surface area contributed by atoms with E-state index in [-0.39, 0.29) is 36.0 Å². The van der Waals surface area contributed by atoms with Crippen LogP contribution < -0.4 is 29.8 Å². The summed E-state index contributed by atoms with van der Waals surface area (Å²) >= 11 is 0. The van der Waals surface area contributed by atoms with E-state index in [1.54, 1.807) is 6.07 Å². The number of halogens is 3. The lowest BCUT2D eigenvalue weighted by Gasteiger charge is -2.15. The quantitative estimate of drug-likeness (QED) is 0.498. The van der Waals surface area contributed by atoms with Crippen molar-refractivity contribution in [3.8, 4) is 23.0 Å². The van der Waals surface area contributed by atoms with Crippen molar-refractivity contribution in [2.75, 3.05) is 20.8 Å². The number of alkyl halides is 3. The zero-order valence-electron chi connectivity index (χ0n) is 19.2. The van der Waals surface area contributed by atoms with Gasteiger partial charge in [-0.2, -0.15) is 13.2 Å². The second kappa shape index (κ2) is 12.0. The minimum atomic E-state index is -4.47. The predicted molar refractivity (Wildman–Crippen MR) is 117 cm³/mol. The van der Waals surface area contributed by atoms with Crippen molar-refractivity contribution < 1.29 is 41.7 Å². The van der Waals surface area contributed by atoms with Crippen molar-refractivity contribution in [1.82, 2.24) is 10.9 Å². The van der Waals surface area contributed by atoms with Gasteiger partial charge >= 0.3 is 6.18 Å². The molecular formula is C23H27F3N2O6. The van der Waals surface area contributed by atoms with E-state index < -0.39 is 24.6 Å². The van der Waals surface area contributed by atoms with Crippen LogP contribution in [0.15, 0.2) is 36.4 Å². The Morgan fingerprint density at radius 1 is 0.912 bits per heavy atom. The lowest BCUT2D eigenvalue weighted by molar-refractivity contribution is -0.153. The summed E-state index contributed by atoms with van der Waals surface area (Å²) in [5, 5.41) is 0. The Balaban J connectivity index is 1.89. The maximum atomic E-state index is 12.4. The molecule has 0 aromatic heterocycles. The number of hydrazine groups is 1. The van der Waals surface area contributed by atoms with Crippen LogP contribution in [0.2, 0.25) is 0 Å². The maximum Gasteiger partial charge on any atom is 0.422 e. The van der Waals surface area contributed by atoms with Gasteiger partial charge in [-0.15, -0.1) is 0 Å². The van der Waals surface area contributed by atoms with Crippen molar-refractivity contribution in [1.29, 1.82) is 0 Å². The molecule has 11 heteroatoms. The second-order valence-corrected chi connectivity index (χ2v) is 7.42. The van der Waals surface area contributed by atoms with Gasteiger partial charge in [-0.05, 0) is 56.2 Å². The summed E-state index contributed by atoms with van der Waals surface area (Å²) < 4.78 is 57.7. The molecule has 0 aliphatic rings. The first-order valence-electron chi connectivity index (χ1n) is 10.3. The Morgan fingerprint density at radius 3 is 2.18 bits per heavy atom. The lowest BCUT2D eigenvalue weighted by Crippen LogP contribution is -2.41. The molecule has 2 amide bonds. The molecule has 2 aromatic rings. The van der Waals surface area contributed by atoms with E-state index in [0.717, 1.165) is 0 Å². The van der Waals surface area contributed by atoms with Crippen LogP contribution in [-0.2, 0) is 11.2 Å². The molecule has 0 aliphatic heterocycles. The second-order valence-electron chi connectivity index (χ2n) is 7.42. The highest BCUT2D eigenvalue weighted by Crippen LogP contribution is 2.30. The first-order chi connectivity index (χ1) is 16.0. The van der Waals surface area contributed by atoms with E-state index in [2.05, 4.69) is 10.9 Å². The highest BCUT2D eigenvalue weighted by atomic mass is 19.4. The average molecular weight is 484 g/mol. The molecular weight excluding hydrogens is 457 g/mol. The summed E-state index contributed by atoms with van der Waals surface area (Å²) in [6.45, 7) is 2.29. The summed E-state index contributed by atoms with van der Waals surface area (Å²) in [6, 6.07) is 9.01. The van der Waals surface area contributed by atoms with Gasteiger partial charge in [-0.3, -0.25) is 20.4 Å². The van der Waals surface area contributed by atoms with Gasteiger partial charge in [-0.1, -0.05) is 6.07 Å². The third kappa shape index (κ3) is 8.38. The smallest absolute Gasteiger partial charge is 0.422 e. The van der Waals surface area contributed by atoms with E-state index in [9.17, 15) is 22.8 Å². The van der Waals surface area contributed by atoms with Gasteiger partial charge in [0.15, 0.2) is 29.6 Å². The zero-order valence-corrected chi connectivity index (χ0v) is 19.2. The number of amides is 2. The van der Waals surface area contributed by atoms with Crippen molar-refractivity contribution in [3.63, 3.8) is 0 Å². The maximum absolute atomic E-state index is 12.4. The van der Waals surface area contributed by atoms with E-state index in [0.29, 0.717) is 17.1 Å². The minimum absolute atomic E-state index is 0.0106. The fourth-order valence-corrected chi connectivity index (χ4v) is 2.83. The molecule has 0 atom stereocenters. The Kier molecular flexibility index (Phi) is 9.40.